The summed E-state index contributed by atoms with van der Waals surface area (Å²) in [6.45, 7) is 5.82. The molecule has 3 rings (SSSR count). The van der Waals surface area contributed by atoms with Gasteiger partial charge in [-0.1, -0.05) is 52.9 Å². The number of hydrogen-bond donors (Lipinski definition) is 3. The number of carbonyl (C=O) groups is 3. The van der Waals surface area contributed by atoms with Crippen molar-refractivity contribution in [1.29, 1.82) is 0 Å². The van der Waals surface area contributed by atoms with Crippen LogP contribution in [0.25, 0.3) is 0 Å². The fourth-order valence-electron chi connectivity index (χ4n) is 3.00. The Hall–Kier alpha value is -4.24. The van der Waals surface area contributed by atoms with Crippen molar-refractivity contribution >= 4 is 51.2 Å². The minimum absolute atomic E-state index is 0.189. The van der Waals surface area contributed by atoms with E-state index in [0.29, 0.717) is 23.6 Å². The molecule has 0 aliphatic rings. The molecule has 0 radical (unpaired) electrons. The average Bonchev–Trinajstić information content (AvgIpc) is 2.83. The number of anilines is 2. The van der Waals surface area contributed by atoms with Gasteiger partial charge in [0.05, 0.1) is 17.5 Å². The molecule has 35 heavy (non-hydrogen) atoms. The van der Waals surface area contributed by atoms with Crippen LogP contribution in [0.3, 0.4) is 0 Å². The second-order valence-corrected chi connectivity index (χ2v) is 8.22. The first-order chi connectivity index (χ1) is 16.9. The summed E-state index contributed by atoms with van der Waals surface area (Å²) >= 11 is 3.37. The van der Waals surface area contributed by atoms with Crippen LogP contribution in [-0.4, -0.2) is 30.5 Å². The molecule has 0 atom stereocenters. The first kappa shape index (κ1) is 25.4. The van der Waals surface area contributed by atoms with E-state index in [-0.39, 0.29) is 11.3 Å². The van der Waals surface area contributed by atoms with Crippen molar-refractivity contribution in [2.75, 3.05) is 17.2 Å². The maximum atomic E-state index is 12.8. The second-order valence-electron chi connectivity index (χ2n) is 7.30. The quantitative estimate of drug-likeness (QED) is 0.169. The third kappa shape index (κ3) is 7.38. The average molecular weight is 535 g/mol. The summed E-state index contributed by atoms with van der Waals surface area (Å²) < 4.78 is 6.34. The van der Waals surface area contributed by atoms with Gasteiger partial charge in [-0.15, -0.1) is 0 Å². The number of ether oxygens (including phenoxy) is 1. The molecule has 3 amide bonds. The lowest BCUT2D eigenvalue weighted by Crippen LogP contribution is -2.33. The molecule has 9 heteroatoms. The van der Waals surface area contributed by atoms with Crippen LogP contribution in [0.5, 0.6) is 5.75 Å². The molecule has 0 aliphatic heterocycles. The molecule has 0 fully saturated rings. The lowest BCUT2D eigenvalue weighted by atomic mass is 10.1. The van der Waals surface area contributed by atoms with E-state index in [1.165, 1.54) is 12.3 Å². The fourth-order valence-corrected chi connectivity index (χ4v) is 3.38. The predicted octanol–water partition coefficient (Wildman–Crippen LogP) is 4.66. The summed E-state index contributed by atoms with van der Waals surface area (Å²) in [6.07, 6.45) is 2.96. The number of nitrogens with zero attached hydrogens (tertiary/aromatic N) is 1. The van der Waals surface area contributed by atoms with E-state index in [1.807, 2.05) is 25.1 Å². The van der Waals surface area contributed by atoms with Gasteiger partial charge in [-0.2, -0.15) is 5.10 Å². The predicted molar refractivity (Wildman–Crippen MR) is 140 cm³/mol. The summed E-state index contributed by atoms with van der Waals surface area (Å²) in [5, 5.41) is 9.08. The number of hydrazone groups is 1. The number of nitrogens with one attached hydrogen (secondary N) is 3. The maximum absolute atomic E-state index is 12.8. The largest absolute Gasteiger partial charge is 0.489 e. The summed E-state index contributed by atoms with van der Waals surface area (Å²) in [5.41, 5.74) is 4.76. The number of carbonyl (C=O) groups excluding carboxylic acids is 3. The van der Waals surface area contributed by atoms with Crippen molar-refractivity contribution in [3.63, 3.8) is 0 Å². The molecule has 0 aromatic heterocycles. The van der Waals surface area contributed by atoms with Crippen LogP contribution in [0.1, 0.15) is 21.5 Å². The van der Waals surface area contributed by atoms with E-state index in [2.05, 4.69) is 43.7 Å². The number of halogens is 1. The van der Waals surface area contributed by atoms with E-state index in [0.717, 1.165) is 10.0 Å². The molecular weight excluding hydrogens is 512 g/mol. The highest BCUT2D eigenvalue weighted by molar-refractivity contribution is 9.10. The number of aryl methyl sites for hydroxylation is 1. The third-order valence-corrected chi connectivity index (χ3v) is 5.09. The fraction of sp³-hybridized carbons (Fsp3) is 0.0769. The molecule has 8 nitrogen and oxygen atoms in total. The van der Waals surface area contributed by atoms with Gasteiger partial charge < -0.3 is 15.4 Å². The lowest BCUT2D eigenvalue weighted by molar-refractivity contribution is -0.136. The van der Waals surface area contributed by atoms with E-state index in [9.17, 15) is 14.4 Å². The van der Waals surface area contributed by atoms with Crippen LogP contribution in [0, 0.1) is 6.92 Å². The molecule has 0 aliphatic carbocycles. The molecule has 0 heterocycles. The zero-order valence-corrected chi connectivity index (χ0v) is 20.5. The van der Waals surface area contributed by atoms with Crippen LogP contribution >= 0.6 is 15.9 Å². The molecule has 3 aromatic carbocycles. The van der Waals surface area contributed by atoms with Gasteiger partial charge in [0.25, 0.3) is 5.91 Å². The minimum Gasteiger partial charge on any atom is -0.489 e. The first-order valence-corrected chi connectivity index (χ1v) is 11.3. The Morgan fingerprint density at radius 2 is 1.80 bits per heavy atom. The van der Waals surface area contributed by atoms with Gasteiger partial charge in [-0.05, 0) is 55.0 Å². The normalized spacial score (nSPS) is 10.5. The van der Waals surface area contributed by atoms with Gasteiger partial charge >= 0.3 is 11.8 Å². The van der Waals surface area contributed by atoms with Crippen LogP contribution < -0.4 is 20.8 Å². The number of rotatable bonds is 8. The highest BCUT2D eigenvalue weighted by Crippen LogP contribution is 2.22. The molecule has 0 saturated carbocycles. The van der Waals surface area contributed by atoms with Gasteiger partial charge in [-0.3, -0.25) is 14.4 Å². The summed E-state index contributed by atoms with van der Waals surface area (Å²) in [4.78, 5) is 37.5. The Kier molecular flexibility index (Phi) is 8.91. The maximum Gasteiger partial charge on any atom is 0.329 e. The Morgan fingerprint density at radius 1 is 1.00 bits per heavy atom. The molecule has 3 N–H and O–H groups in total. The van der Waals surface area contributed by atoms with Crippen molar-refractivity contribution in [3.8, 4) is 5.75 Å². The monoisotopic (exact) mass is 534 g/mol. The SMILES string of the molecule is C=CCOc1ccc(Br)cc1/C=N/NC(=O)C(=O)Nc1ccccc1C(=O)Nc1cccc(C)c1. The molecule has 178 valence electrons. The number of amides is 3. The smallest absolute Gasteiger partial charge is 0.329 e. The first-order valence-electron chi connectivity index (χ1n) is 10.5. The van der Waals surface area contributed by atoms with Gasteiger partial charge in [0, 0.05) is 15.7 Å². The van der Waals surface area contributed by atoms with Crippen molar-refractivity contribution in [2.45, 2.75) is 6.92 Å². The molecule has 3 aromatic rings. The number of para-hydroxylation sites is 1. The lowest BCUT2D eigenvalue weighted by Gasteiger charge is -2.11. The van der Waals surface area contributed by atoms with Crippen LogP contribution in [0.15, 0.2) is 89.0 Å². The second kappa shape index (κ2) is 12.3. The Balaban J connectivity index is 1.65. The summed E-state index contributed by atoms with van der Waals surface area (Å²) in [6, 6.07) is 19.0. The summed E-state index contributed by atoms with van der Waals surface area (Å²) in [7, 11) is 0. The standard InChI is InChI=1S/C26H23BrN4O4/c1-3-13-35-23-12-11-19(27)15-18(23)16-28-31-26(34)25(33)30-22-10-5-4-9-21(22)24(32)29-20-8-6-7-17(2)14-20/h3-12,14-16H,1,13H2,2H3,(H,29,32)(H,30,33)(H,31,34)/b28-16+. The molecule has 0 bridgehead atoms. The van der Waals surface area contributed by atoms with Crippen molar-refractivity contribution in [3.05, 3.63) is 101 Å². The molecule has 0 spiro atoms. The zero-order chi connectivity index (χ0) is 25.2. The van der Waals surface area contributed by atoms with Crippen LogP contribution in [-0.2, 0) is 9.59 Å². The third-order valence-electron chi connectivity index (χ3n) is 4.60. The van der Waals surface area contributed by atoms with Crippen LogP contribution in [0.2, 0.25) is 0 Å². The molecule has 0 saturated heterocycles. The number of benzene rings is 3. The van der Waals surface area contributed by atoms with E-state index in [1.54, 1.807) is 48.5 Å². The summed E-state index contributed by atoms with van der Waals surface area (Å²) in [5.74, 6) is -1.87. The Bertz CT molecular complexity index is 1290. The highest BCUT2D eigenvalue weighted by Gasteiger charge is 2.18. The number of hydrogen-bond acceptors (Lipinski definition) is 5. The van der Waals surface area contributed by atoms with Crippen molar-refractivity contribution < 1.29 is 19.1 Å². The highest BCUT2D eigenvalue weighted by atomic mass is 79.9. The molecular formula is C26H23BrN4O4. The van der Waals surface area contributed by atoms with Gasteiger partial charge in [-0.25, -0.2) is 5.43 Å². The zero-order valence-electron chi connectivity index (χ0n) is 18.9. The van der Waals surface area contributed by atoms with Gasteiger partial charge in [0.1, 0.15) is 12.4 Å². The Morgan fingerprint density at radius 3 is 2.57 bits per heavy atom. The van der Waals surface area contributed by atoms with Gasteiger partial charge in [0.15, 0.2) is 0 Å². The van der Waals surface area contributed by atoms with Gasteiger partial charge in [0.2, 0.25) is 0 Å². The van der Waals surface area contributed by atoms with E-state index < -0.39 is 17.7 Å². The van der Waals surface area contributed by atoms with E-state index >= 15 is 0 Å². The van der Waals surface area contributed by atoms with Crippen molar-refractivity contribution in [2.24, 2.45) is 5.10 Å². The Labute approximate surface area is 211 Å². The minimum atomic E-state index is -1.00. The van der Waals surface area contributed by atoms with Crippen LogP contribution in [0.4, 0.5) is 11.4 Å². The van der Waals surface area contributed by atoms with Crippen molar-refractivity contribution in [1.82, 2.24) is 5.43 Å². The van der Waals surface area contributed by atoms with E-state index in [4.69, 9.17) is 4.74 Å². The molecule has 0 unspecified atom stereocenters. The topological polar surface area (TPSA) is 109 Å².